The number of anilines is 1. The summed E-state index contributed by atoms with van der Waals surface area (Å²) in [6, 6.07) is 14.5. The van der Waals surface area contributed by atoms with Gasteiger partial charge in [-0.25, -0.2) is 0 Å². The summed E-state index contributed by atoms with van der Waals surface area (Å²) in [5, 5.41) is 0. The van der Waals surface area contributed by atoms with Crippen LogP contribution in [-0.4, -0.2) is 66.0 Å². The van der Waals surface area contributed by atoms with Crippen molar-refractivity contribution in [3.05, 3.63) is 65.2 Å². The van der Waals surface area contributed by atoms with Crippen molar-refractivity contribution in [1.82, 2.24) is 9.80 Å². The molecule has 2 aliphatic heterocycles. The number of fused-ring (bicyclic) bond motifs is 1. The molecule has 1 saturated heterocycles. The lowest BCUT2D eigenvalue weighted by Crippen LogP contribution is -2.53. The molecule has 0 saturated carbocycles. The minimum atomic E-state index is -0.403. The van der Waals surface area contributed by atoms with Gasteiger partial charge in [0.25, 0.3) is 5.91 Å². The molecule has 154 valence electrons. The van der Waals surface area contributed by atoms with Crippen molar-refractivity contribution in [2.24, 2.45) is 0 Å². The van der Waals surface area contributed by atoms with Crippen LogP contribution in [0.2, 0.25) is 0 Å². The molecule has 4 rings (SSSR count). The Hall–Kier alpha value is -3.48. The summed E-state index contributed by atoms with van der Waals surface area (Å²) in [5.74, 6) is -0.931. The minimum Gasteiger partial charge on any atom is -0.368 e. The van der Waals surface area contributed by atoms with Crippen LogP contribution in [0.3, 0.4) is 0 Å². The summed E-state index contributed by atoms with van der Waals surface area (Å²) in [6.45, 7) is 3.64. The maximum Gasteiger partial charge on any atom is 0.261 e. The second-order valence-electron chi connectivity index (χ2n) is 7.59. The number of piperazine rings is 1. The van der Waals surface area contributed by atoms with Crippen molar-refractivity contribution in [2.45, 2.75) is 13.3 Å². The lowest BCUT2D eigenvalue weighted by Gasteiger charge is -2.37. The van der Waals surface area contributed by atoms with Crippen molar-refractivity contribution < 1.29 is 19.2 Å². The van der Waals surface area contributed by atoms with Crippen LogP contribution < -0.4 is 4.90 Å². The lowest BCUT2D eigenvalue weighted by molar-refractivity contribution is -0.138. The predicted molar refractivity (Wildman–Crippen MR) is 111 cm³/mol. The van der Waals surface area contributed by atoms with E-state index in [-0.39, 0.29) is 30.6 Å². The maximum atomic E-state index is 12.8. The van der Waals surface area contributed by atoms with Gasteiger partial charge in [0.05, 0.1) is 6.42 Å². The summed E-state index contributed by atoms with van der Waals surface area (Å²) in [4.78, 5) is 54.2. The zero-order valence-corrected chi connectivity index (χ0v) is 16.8. The highest BCUT2D eigenvalue weighted by atomic mass is 16.2. The number of rotatable bonds is 4. The predicted octanol–water partition coefficient (Wildman–Crippen LogP) is 1.76. The molecule has 0 unspecified atom stereocenters. The van der Waals surface area contributed by atoms with Crippen LogP contribution in [0.1, 0.15) is 33.2 Å². The molecule has 0 aliphatic carbocycles. The van der Waals surface area contributed by atoms with E-state index in [1.165, 1.54) is 6.92 Å². The van der Waals surface area contributed by atoms with Crippen LogP contribution >= 0.6 is 0 Å². The first-order valence-corrected chi connectivity index (χ1v) is 10.0. The van der Waals surface area contributed by atoms with Crippen molar-refractivity contribution in [2.75, 3.05) is 37.6 Å². The van der Waals surface area contributed by atoms with E-state index in [0.29, 0.717) is 42.9 Å². The number of hydrogen-bond donors (Lipinski definition) is 0. The normalized spacial score (nSPS) is 16.5. The summed E-state index contributed by atoms with van der Waals surface area (Å²) in [6.07, 6.45) is 0.138. The van der Waals surface area contributed by atoms with E-state index < -0.39 is 5.91 Å². The molecule has 1 fully saturated rings. The Labute approximate surface area is 174 Å². The van der Waals surface area contributed by atoms with Crippen molar-refractivity contribution >= 4 is 29.2 Å². The molecule has 2 aliphatic rings. The standard InChI is InChI=1S/C23H23N3O4/c1-16(27)17-6-8-19(9-7-17)24-10-12-25(13-11-24)22(29)15-26-21(28)14-18-4-2-3-5-20(18)23(26)30/h2-9H,10-15H2,1H3. The monoisotopic (exact) mass is 405 g/mol. The molecule has 0 atom stereocenters. The molecular weight excluding hydrogens is 382 g/mol. The van der Waals surface area contributed by atoms with Gasteiger partial charge in [0.1, 0.15) is 6.54 Å². The molecule has 3 amide bonds. The van der Waals surface area contributed by atoms with Gasteiger partial charge in [-0.2, -0.15) is 0 Å². The Kier molecular flexibility index (Phi) is 5.35. The second kappa shape index (κ2) is 8.10. The molecule has 0 N–H and O–H groups in total. The zero-order chi connectivity index (χ0) is 21.3. The second-order valence-corrected chi connectivity index (χ2v) is 7.59. The first-order chi connectivity index (χ1) is 14.4. The Balaban J connectivity index is 1.36. The molecule has 7 nitrogen and oxygen atoms in total. The summed E-state index contributed by atoms with van der Waals surface area (Å²) >= 11 is 0. The topological polar surface area (TPSA) is 78.0 Å². The van der Waals surface area contributed by atoms with Crippen LogP contribution in [0, 0.1) is 0 Å². The maximum absolute atomic E-state index is 12.8. The minimum absolute atomic E-state index is 0.0291. The van der Waals surface area contributed by atoms with E-state index in [0.717, 1.165) is 10.6 Å². The number of benzene rings is 2. The van der Waals surface area contributed by atoms with Gasteiger partial charge in [-0.3, -0.25) is 24.1 Å². The number of imide groups is 1. The molecule has 0 bridgehead atoms. The highest BCUT2D eigenvalue weighted by molar-refractivity contribution is 6.11. The number of amides is 3. The molecule has 30 heavy (non-hydrogen) atoms. The molecule has 2 aromatic carbocycles. The Morgan fingerprint density at radius 1 is 0.900 bits per heavy atom. The smallest absolute Gasteiger partial charge is 0.261 e. The van der Waals surface area contributed by atoms with Gasteiger partial charge in [-0.15, -0.1) is 0 Å². The molecule has 0 spiro atoms. The van der Waals surface area contributed by atoms with Crippen molar-refractivity contribution in [3.63, 3.8) is 0 Å². The number of ketones is 1. The number of nitrogens with zero attached hydrogens (tertiary/aromatic N) is 3. The fourth-order valence-electron chi connectivity index (χ4n) is 3.92. The average Bonchev–Trinajstić information content (AvgIpc) is 2.76. The summed E-state index contributed by atoms with van der Waals surface area (Å²) in [5.41, 5.74) is 2.87. The summed E-state index contributed by atoms with van der Waals surface area (Å²) in [7, 11) is 0. The van der Waals surface area contributed by atoms with Crippen LogP contribution in [-0.2, 0) is 16.0 Å². The van der Waals surface area contributed by atoms with E-state index in [4.69, 9.17) is 0 Å². The van der Waals surface area contributed by atoms with Crippen LogP contribution in [0.25, 0.3) is 0 Å². The zero-order valence-electron chi connectivity index (χ0n) is 16.8. The van der Waals surface area contributed by atoms with Gasteiger partial charge in [0.15, 0.2) is 5.78 Å². The SMILES string of the molecule is CC(=O)c1ccc(N2CCN(C(=O)CN3C(=O)Cc4ccccc4C3=O)CC2)cc1. The molecule has 2 aromatic rings. The number of Topliss-reactive ketones (excluding diaryl/α,β-unsaturated/α-hetero) is 1. The average molecular weight is 405 g/mol. The Morgan fingerprint density at radius 2 is 1.57 bits per heavy atom. The fourth-order valence-corrected chi connectivity index (χ4v) is 3.92. The van der Waals surface area contributed by atoms with Gasteiger partial charge in [0, 0.05) is 43.0 Å². The first-order valence-electron chi connectivity index (χ1n) is 10.0. The lowest BCUT2D eigenvalue weighted by atomic mass is 9.98. The number of hydrogen-bond acceptors (Lipinski definition) is 5. The molecule has 2 heterocycles. The van der Waals surface area contributed by atoms with E-state index in [1.807, 2.05) is 12.1 Å². The van der Waals surface area contributed by atoms with Gasteiger partial charge in [0.2, 0.25) is 11.8 Å². The van der Waals surface area contributed by atoms with Gasteiger partial charge >= 0.3 is 0 Å². The van der Waals surface area contributed by atoms with Crippen LogP contribution in [0.15, 0.2) is 48.5 Å². The molecular formula is C23H23N3O4. The van der Waals surface area contributed by atoms with Crippen LogP contribution in [0.5, 0.6) is 0 Å². The van der Waals surface area contributed by atoms with Crippen molar-refractivity contribution in [3.8, 4) is 0 Å². The third-order valence-electron chi connectivity index (χ3n) is 5.70. The van der Waals surface area contributed by atoms with E-state index in [1.54, 1.807) is 41.3 Å². The third-order valence-corrected chi connectivity index (χ3v) is 5.70. The van der Waals surface area contributed by atoms with E-state index in [2.05, 4.69) is 4.90 Å². The first kappa shape index (κ1) is 19.8. The quantitative estimate of drug-likeness (QED) is 0.572. The molecule has 0 radical (unpaired) electrons. The summed E-state index contributed by atoms with van der Waals surface area (Å²) < 4.78 is 0. The highest BCUT2D eigenvalue weighted by Gasteiger charge is 2.33. The van der Waals surface area contributed by atoms with E-state index in [9.17, 15) is 19.2 Å². The molecule has 0 aromatic heterocycles. The van der Waals surface area contributed by atoms with Gasteiger partial charge < -0.3 is 9.80 Å². The highest BCUT2D eigenvalue weighted by Crippen LogP contribution is 2.21. The Morgan fingerprint density at radius 3 is 2.23 bits per heavy atom. The van der Waals surface area contributed by atoms with Crippen molar-refractivity contribution in [1.29, 1.82) is 0 Å². The van der Waals surface area contributed by atoms with Crippen LogP contribution in [0.4, 0.5) is 5.69 Å². The van der Waals surface area contributed by atoms with Gasteiger partial charge in [-0.05, 0) is 42.8 Å². The number of carbonyl (C=O) groups is 4. The van der Waals surface area contributed by atoms with Gasteiger partial charge in [-0.1, -0.05) is 18.2 Å². The third kappa shape index (κ3) is 3.83. The Bertz CT molecular complexity index is 1010. The molecule has 7 heteroatoms. The largest absolute Gasteiger partial charge is 0.368 e. The fraction of sp³-hybridized carbons (Fsp3) is 0.304. The van der Waals surface area contributed by atoms with E-state index >= 15 is 0 Å². The number of carbonyl (C=O) groups excluding carboxylic acids is 4.